The fourth-order valence-corrected chi connectivity index (χ4v) is 1.00. The van der Waals surface area contributed by atoms with Gasteiger partial charge in [0.05, 0.1) is 0 Å². The van der Waals surface area contributed by atoms with Gasteiger partial charge in [0, 0.05) is 10.1 Å². The van der Waals surface area contributed by atoms with Gasteiger partial charge >= 0.3 is 0 Å². The van der Waals surface area contributed by atoms with E-state index in [1.807, 2.05) is 28.7 Å². The van der Waals surface area contributed by atoms with Gasteiger partial charge in [0.25, 0.3) is 0 Å². The summed E-state index contributed by atoms with van der Waals surface area (Å²) in [6.07, 6.45) is 0. The van der Waals surface area contributed by atoms with E-state index < -0.39 is 0 Å². The van der Waals surface area contributed by atoms with Gasteiger partial charge in [-0.1, -0.05) is 6.07 Å². The number of hydrogen-bond acceptors (Lipinski definition) is 1. The summed E-state index contributed by atoms with van der Waals surface area (Å²) in [4.78, 5) is 0. The Balaban J connectivity index is 3.04. The Morgan fingerprint density at radius 3 is 2.70 bits per heavy atom. The molecule has 0 spiro atoms. The van der Waals surface area contributed by atoms with Gasteiger partial charge in [-0.2, -0.15) is 0 Å². The first kappa shape index (κ1) is 7.94. The summed E-state index contributed by atoms with van der Waals surface area (Å²) in [6, 6.07) is 5.00. The molecule has 54 valence electrons. The van der Waals surface area contributed by atoms with Crippen molar-refractivity contribution in [2.75, 3.05) is 0 Å². The van der Waals surface area contributed by atoms with Crippen molar-refractivity contribution in [3.8, 4) is 0 Å². The van der Waals surface area contributed by atoms with Crippen molar-refractivity contribution < 1.29 is 4.39 Å². The number of halogens is 2. The molecule has 0 aliphatic carbocycles. The molecule has 1 nitrogen and oxygen atoms in total. The molecule has 0 atom stereocenters. The maximum absolute atomic E-state index is 12.7. The number of hydrogen-bond donors (Lipinski definition) is 1. The lowest BCUT2D eigenvalue weighted by molar-refractivity contribution is 0.618. The molecule has 0 bridgehead atoms. The summed E-state index contributed by atoms with van der Waals surface area (Å²) in [5.74, 6) is -0.191. The molecule has 1 aromatic carbocycles. The topological polar surface area (TPSA) is 26.0 Å². The number of rotatable bonds is 1. The summed E-state index contributed by atoms with van der Waals surface area (Å²) >= 11 is 1.94. The zero-order valence-corrected chi connectivity index (χ0v) is 7.43. The molecule has 0 aliphatic rings. The highest BCUT2D eigenvalue weighted by atomic mass is 127. The average Bonchev–Trinajstić information content (AvgIpc) is 1.95. The van der Waals surface area contributed by atoms with Crippen LogP contribution in [0.2, 0.25) is 0 Å². The molecule has 0 radical (unpaired) electrons. The highest BCUT2D eigenvalue weighted by molar-refractivity contribution is 14.1. The first-order valence-electron chi connectivity index (χ1n) is 2.88. The molecule has 0 unspecified atom stereocenters. The van der Waals surface area contributed by atoms with E-state index in [2.05, 4.69) is 0 Å². The molecular formula is C7H7FIN. The van der Waals surface area contributed by atoms with Crippen LogP contribution in [0.15, 0.2) is 18.2 Å². The molecule has 3 heteroatoms. The van der Waals surface area contributed by atoms with E-state index in [1.165, 1.54) is 6.07 Å². The van der Waals surface area contributed by atoms with Crippen LogP contribution in [0.5, 0.6) is 0 Å². The van der Waals surface area contributed by atoms with Crippen molar-refractivity contribution in [1.29, 1.82) is 0 Å². The van der Waals surface area contributed by atoms with Crippen molar-refractivity contribution in [1.82, 2.24) is 0 Å². The van der Waals surface area contributed by atoms with E-state index >= 15 is 0 Å². The highest BCUT2D eigenvalue weighted by Crippen LogP contribution is 2.11. The fraction of sp³-hybridized carbons (Fsp3) is 0.143. The molecule has 0 heterocycles. The Morgan fingerprint density at radius 2 is 2.20 bits per heavy atom. The molecule has 0 fully saturated rings. The van der Waals surface area contributed by atoms with Gasteiger partial charge in [-0.25, -0.2) is 4.39 Å². The van der Waals surface area contributed by atoms with Crippen LogP contribution in [0.25, 0.3) is 0 Å². The Hall–Kier alpha value is -0.160. The zero-order chi connectivity index (χ0) is 7.56. The second kappa shape index (κ2) is 3.30. The van der Waals surface area contributed by atoms with Gasteiger partial charge in [-0.3, -0.25) is 0 Å². The number of benzene rings is 1. The van der Waals surface area contributed by atoms with Crippen LogP contribution in [0.1, 0.15) is 5.56 Å². The monoisotopic (exact) mass is 251 g/mol. The molecule has 10 heavy (non-hydrogen) atoms. The average molecular weight is 251 g/mol. The molecule has 1 aromatic rings. The molecular weight excluding hydrogens is 244 g/mol. The van der Waals surface area contributed by atoms with Crippen molar-refractivity contribution in [2.45, 2.75) is 6.54 Å². The van der Waals surface area contributed by atoms with Crippen molar-refractivity contribution in [3.63, 3.8) is 0 Å². The van der Waals surface area contributed by atoms with Gasteiger partial charge in [-0.15, -0.1) is 0 Å². The molecule has 0 saturated carbocycles. The normalized spacial score (nSPS) is 9.90. The SMILES string of the molecule is NCc1ccc(I)c(F)c1. The molecule has 0 saturated heterocycles. The summed E-state index contributed by atoms with van der Waals surface area (Å²) in [7, 11) is 0. The van der Waals surface area contributed by atoms with E-state index in [4.69, 9.17) is 5.73 Å². The van der Waals surface area contributed by atoms with Gasteiger partial charge < -0.3 is 5.73 Å². The summed E-state index contributed by atoms with van der Waals surface area (Å²) < 4.78 is 13.3. The van der Waals surface area contributed by atoms with Crippen LogP contribution < -0.4 is 5.73 Å². The standard InChI is InChI=1S/C7H7FIN/c8-6-3-5(4-10)1-2-7(6)9/h1-3H,4,10H2. The smallest absolute Gasteiger partial charge is 0.136 e. The minimum Gasteiger partial charge on any atom is -0.326 e. The lowest BCUT2D eigenvalue weighted by Crippen LogP contribution is -1.96. The van der Waals surface area contributed by atoms with Gasteiger partial charge in [0.1, 0.15) is 5.82 Å². The summed E-state index contributed by atoms with van der Waals surface area (Å²) in [6.45, 7) is 0.397. The maximum atomic E-state index is 12.7. The van der Waals surface area contributed by atoms with E-state index in [9.17, 15) is 4.39 Å². The second-order valence-electron chi connectivity index (χ2n) is 1.95. The third kappa shape index (κ3) is 1.67. The number of nitrogens with two attached hydrogens (primary N) is 1. The van der Waals surface area contributed by atoms with E-state index in [0.717, 1.165) is 5.56 Å². The maximum Gasteiger partial charge on any atom is 0.136 e. The third-order valence-corrected chi connectivity index (χ3v) is 2.09. The van der Waals surface area contributed by atoms with E-state index in [-0.39, 0.29) is 5.82 Å². The van der Waals surface area contributed by atoms with Crippen LogP contribution >= 0.6 is 22.6 Å². The van der Waals surface area contributed by atoms with Crippen LogP contribution in [-0.4, -0.2) is 0 Å². The van der Waals surface area contributed by atoms with Gasteiger partial charge in [-0.05, 0) is 40.3 Å². The lowest BCUT2D eigenvalue weighted by Gasteiger charge is -1.96. The predicted octanol–water partition coefficient (Wildman–Crippen LogP) is 1.89. The first-order valence-corrected chi connectivity index (χ1v) is 3.96. The highest BCUT2D eigenvalue weighted by Gasteiger charge is 1.97. The fourth-order valence-electron chi connectivity index (χ4n) is 0.667. The molecule has 2 N–H and O–H groups in total. The zero-order valence-electron chi connectivity index (χ0n) is 5.27. The Morgan fingerprint density at radius 1 is 1.50 bits per heavy atom. The second-order valence-corrected chi connectivity index (χ2v) is 3.11. The lowest BCUT2D eigenvalue weighted by atomic mass is 10.2. The third-order valence-electron chi connectivity index (χ3n) is 1.22. The molecule has 0 aliphatic heterocycles. The summed E-state index contributed by atoms with van der Waals surface area (Å²) in [5.41, 5.74) is 6.13. The molecule has 0 aromatic heterocycles. The quantitative estimate of drug-likeness (QED) is 0.758. The minimum atomic E-state index is -0.191. The molecule has 1 rings (SSSR count). The first-order chi connectivity index (χ1) is 4.74. The van der Waals surface area contributed by atoms with Crippen LogP contribution in [0.4, 0.5) is 4.39 Å². The van der Waals surface area contributed by atoms with E-state index in [0.29, 0.717) is 10.1 Å². The summed E-state index contributed by atoms with van der Waals surface area (Å²) in [5, 5.41) is 0. The largest absolute Gasteiger partial charge is 0.326 e. The molecule has 0 amide bonds. The van der Waals surface area contributed by atoms with Crippen molar-refractivity contribution >= 4 is 22.6 Å². The van der Waals surface area contributed by atoms with E-state index in [1.54, 1.807) is 6.07 Å². The Kier molecular flexibility index (Phi) is 2.62. The van der Waals surface area contributed by atoms with Gasteiger partial charge in [0.2, 0.25) is 0 Å². The van der Waals surface area contributed by atoms with Crippen LogP contribution in [0, 0.1) is 9.39 Å². The predicted molar refractivity (Wildman–Crippen MR) is 47.0 cm³/mol. The minimum absolute atomic E-state index is 0.191. The Labute approximate surface area is 72.6 Å². The van der Waals surface area contributed by atoms with Crippen LogP contribution in [0.3, 0.4) is 0 Å². The Bertz CT molecular complexity index is 237. The van der Waals surface area contributed by atoms with Crippen molar-refractivity contribution in [3.05, 3.63) is 33.1 Å². The van der Waals surface area contributed by atoms with Crippen molar-refractivity contribution in [2.24, 2.45) is 5.73 Å². The van der Waals surface area contributed by atoms with Crippen LogP contribution in [-0.2, 0) is 6.54 Å². The van der Waals surface area contributed by atoms with Gasteiger partial charge in [0.15, 0.2) is 0 Å².